The van der Waals surface area contributed by atoms with E-state index in [1.807, 2.05) is 0 Å². The van der Waals surface area contributed by atoms with Gasteiger partial charge in [-0.1, -0.05) is 13.8 Å². The van der Waals surface area contributed by atoms with E-state index >= 15 is 0 Å². The largest absolute Gasteiger partial charge is 0.480 e. The molecule has 0 spiro atoms. The Bertz CT molecular complexity index is 446. The molecule has 1 heterocycles. The first-order valence-electron chi connectivity index (χ1n) is 6.24. The Labute approximate surface area is 113 Å². The number of carboxylic acid groups (broad SMARTS) is 1. The molecule has 0 bridgehead atoms. The minimum atomic E-state index is -3.21. The number of nitrogens with zero attached hydrogens (tertiary/aromatic N) is 1. The summed E-state index contributed by atoms with van der Waals surface area (Å²) in [6, 6.07) is -0.942. The third-order valence-corrected chi connectivity index (χ3v) is 5.00. The first-order chi connectivity index (χ1) is 8.74. The number of nitrogens with one attached hydrogen (secondary N) is 1. The molecular weight excluding hydrogens is 272 g/mol. The van der Waals surface area contributed by atoms with Gasteiger partial charge in [0.2, 0.25) is 15.9 Å². The fourth-order valence-corrected chi connectivity index (χ4v) is 3.46. The van der Waals surface area contributed by atoms with Crippen LogP contribution in [0.4, 0.5) is 0 Å². The zero-order valence-corrected chi connectivity index (χ0v) is 11.9. The number of carbonyl (C=O) groups excluding carboxylic acids is 1. The lowest BCUT2D eigenvalue weighted by atomic mass is 10.0. The summed E-state index contributed by atoms with van der Waals surface area (Å²) in [6.45, 7) is 3.94. The molecule has 1 atom stereocenters. The van der Waals surface area contributed by atoms with Crippen molar-refractivity contribution in [3.05, 3.63) is 0 Å². The van der Waals surface area contributed by atoms with Crippen LogP contribution in [-0.2, 0) is 19.6 Å². The molecular formula is C11H20N2O5S. The summed E-state index contributed by atoms with van der Waals surface area (Å²) in [5.74, 6) is -1.63. The minimum Gasteiger partial charge on any atom is -0.480 e. The molecule has 0 aromatic heterocycles. The number of hydrogen-bond donors (Lipinski definition) is 2. The van der Waals surface area contributed by atoms with Crippen molar-refractivity contribution in [1.82, 2.24) is 9.62 Å². The second-order valence-electron chi connectivity index (χ2n) is 4.95. The van der Waals surface area contributed by atoms with Crippen LogP contribution >= 0.6 is 0 Å². The Morgan fingerprint density at radius 1 is 1.37 bits per heavy atom. The smallest absolute Gasteiger partial charge is 0.326 e. The number of carboxylic acids is 1. The van der Waals surface area contributed by atoms with Gasteiger partial charge < -0.3 is 10.4 Å². The number of aliphatic carboxylic acids is 1. The van der Waals surface area contributed by atoms with Crippen LogP contribution in [-0.4, -0.2) is 54.6 Å². The fourth-order valence-electron chi connectivity index (χ4n) is 1.93. The van der Waals surface area contributed by atoms with Crippen molar-refractivity contribution in [3.63, 3.8) is 0 Å². The van der Waals surface area contributed by atoms with Crippen LogP contribution in [0.25, 0.3) is 0 Å². The molecule has 8 heteroatoms. The average molecular weight is 292 g/mol. The van der Waals surface area contributed by atoms with Gasteiger partial charge in [0.05, 0.1) is 5.75 Å². The molecule has 1 rings (SSSR count). The molecule has 1 amide bonds. The summed E-state index contributed by atoms with van der Waals surface area (Å²) in [4.78, 5) is 22.6. The summed E-state index contributed by atoms with van der Waals surface area (Å²) in [7, 11) is -3.21. The van der Waals surface area contributed by atoms with Crippen molar-refractivity contribution >= 4 is 21.9 Å². The molecule has 0 saturated carbocycles. The van der Waals surface area contributed by atoms with E-state index in [4.69, 9.17) is 5.11 Å². The predicted octanol–water partition coefficient (Wildman–Crippen LogP) is -0.363. The number of hydrogen-bond acceptors (Lipinski definition) is 4. The average Bonchev–Trinajstić information content (AvgIpc) is 2.61. The number of carbonyl (C=O) groups is 2. The van der Waals surface area contributed by atoms with E-state index < -0.39 is 27.9 Å². The summed E-state index contributed by atoms with van der Waals surface area (Å²) in [5, 5.41) is 11.3. The van der Waals surface area contributed by atoms with Crippen LogP contribution in [0, 0.1) is 5.92 Å². The number of rotatable bonds is 6. The molecule has 0 aliphatic carbocycles. The van der Waals surface area contributed by atoms with Gasteiger partial charge in [0.25, 0.3) is 0 Å². The summed E-state index contributed by atoms with van der Waals surface area (Å²) < 4.78 is 24.3. The molecule has 19 heavy (non-hydrogen) atoms. The summed E-state index contributed by atoms with van der Waals surface area (Å²) >= 11 is 0. The van der Waals surface area contributed by atoms with Crippen LogP contribution in [0.1, 0.15) is 26.7 Å². The maximum atomic E-state index is 11.6. The second kappa shape index (κ2) is 6.33. The normalized spacial score (nSPS) is 20.4. The van der Waals surface area contributed by atoms with Gasteiger partial charge in [-0.15, -0.1) is 0 Å². The Morgan fingerprint density at radius 3 is 2.42 bits per heavy atom. The third kappa shape index (κ3) is 4.46. The molecule has 1 aliphatic rings. The molecule has 0 aromatic rings. The molecule has 0 aromatic carbocycles. The van der Waals surface area contributed by atoms with Gasteiger partial charge >= 0.3 is 5.97 Å². The monoisotopic (exact) mass is 292 g/mol. The van der Waals surface area contributed by atoms with Gasteiger partial charge in [0.1, 0.15) is 6.04 Å². The Hall–Kier alpha value is -1.15. The standard InChI is InChI=1S/C11H20N2O5S/c1-8(2)10(11(15)16)12-9(14)4-6-13-5-3-7-19(13,17)18/h8,10H,3-7H2,1-2H3,(H,12,14)(H,15,16). The van der Waals surface area contributed by atoms with Gasteiger partial charge in [-0.3, -0.25) is 4.79 Å². The van der Waals surface area contributed by atoms with Crippen LogP contribution in [0.3, 0.4) is 0 Å². The number of sulfonamides is 1. The lowest BCUT2D eigenvalue weighted by Crippen LogP contribution is -2.45. The van der Waals surface area contributed by atoms with Gasteiger partial charge in [-0.05, 0) is 12.3 Å². The van der Waals surface area contributed by atoms with Crippen LogP contribution in [0.2, 0.25) is 0 Å². The van der Waals surface area contributed by atoms with E-state index in [2.05, 4.69) is 5.32 Å². The van der Waals surface area contributed by atoms with E-state index in [0.29, 0.717) is 13.0 Å². The minimum absolute atomic E-state index is 0.0181. The van der Waals surface area contributed by atoms with Crippen molar-refractivity contribution in [2.24, 2.45) is 5.92 Å². The van der Waals surface area contributed by atoms with Gasteiger partial charge in [0, 0.05) is 19.5 Å². The van der Waals surface area contributed by atoms with Crippen molar-refractivity contribution in [1.29, 1.82) is 0 Å². The Kier molecular flexibility index (Phi) is 5.30. The molecule has 1 fully saturated rings. The van der Waals surface area contributed by atoms with Crippen molar-refractivity contribution in [2.75, 3.05) is 18.8 Å². The summed E-state index contributed by atoms with van der Waals surface area (Å²) in [5.41, 5.74) is 0. The zero-order chi connectivity index (χ0) is 14.6. The molecule has 1 unspecified atom stereocenters. The Balaban J connectivity index is 2.46. The SMILES string of the molecule is CC(C)C(NC(=O)CCN1CCCS1(=O)=O)C(=O)O. The second-order valence-corrected chi connectivity index (χ2v) is 7.03. The molecule has 110 valence electrons. The van der Waals surface area contributed by atoms with Crippen LogP contribution < -0.4 is 5.32 Å². The molecule has 2 N–H and O–H groups in total. The lowest BCUT2D eigenvalue weighted by molar-refractivity contribution is -0.143. The highest BCUT2D eigenvalue weighted by Crippen LogP contribution is 2.13. The van der Waals surface area contributed by atoms with E-state index in [9.17, 15) is 18.0 Å². The van der Waals surface area contributed by atoms with Crippen LogP contribution in [0.5, 0.6) is 0 Å². The number of amides is 1. The topological polar surface area (TPSA) is 104 Å². The first-order valence-corrected chi connectivity index (χ1v) is 7.85. The first kappa shape index (κ1) is 15.9. The third-order valence-electron chi connectivity index (χ3n) is 3.04. The van der Waals surface area contributed by atoms with Gasteiger partial charge in [-0.25, -0.2) is 17.5 Å². The van der Waals surface area contributed by atoms with E-state index in [0.717, 1.165) is 0 Å². The van der Waals surface area contributed by atoms with E-state index in [1.165, 1.54) is 4.31 Å². The van der Waals surface area contributed by atoms with Crippen molar-refractivity contribution in [3.8, 4) is 0 Å². The van der Waals surface area contributed by atoms with Gasteiger partial charge in [0.15, 0.2) is 0 Å². The highest BCUT2D eigenvalue weighted by molar-refractivity contribution is 7.89. The predicted molar refractivity (Wildman–Crippen MR) is 69.0 cm³/mol. The van der Waals surface area contributed by atoms with E-state index in [-0.39, 0.29) is 24.6 Å². The molecule has 7 nitrogen and oxygen atoms in total. The van der Waals surface area contributed by atoms with Crippen LogP contribution in [0.15, 0.2) is 0 Å². The Morgan fingerprint density at radius 2 is 2.00 bits per heavy atom. The highest BCUT2D eigenvalue weighted by Gasteiger charge is 2.29. The quantitative estimate of drug-likeness (QED) is 0.695. The molecule has 1 aliphatic heterocycles. The maximum absolute atomic E-state index is 11.6. The zero-order valence-electron chi connectivity index (χ0n) is 11.1. The lowest BCUT2D eigenvalue weighted by Gasteiger charge is -2.19. The maximum Gasteiger partial charge on any atom is 0.326 e. The molecule has 1 saturated heterocycles. The fraction of sp³-hybridized carbons (Fsp3) is 0.818. The molecule has 0 radical (unpaired) electrons. The van der Waals surface area contributed by atoms with Gasteiger partial charge in [-0.2, -0.15) is 0 Å². The van der Waals surface area contributed by atoms with E-state index in [1.54, 1.807) is 13.8 Å². The van der Waals surface area contributed by atoms with Crippen molar-refractivity contribution < 1.29 is 23.1 Å². The summed E-state index contributed by atoms with van der Waals surface area (Å²) in [6.07, 6.45) is 0.559. The van der Waals surface area contributed by atoms with Crippen molar-refractivity contribution in [2.45, 2.75) is 32.7 Å². The highest BCUT2D eigenvalue weighted by atomic mass is 32.2.